The Morgan fingerprint density at radius 2 is 1.85 bits per heavy atom. The van der Waals surface area contributed by atoms with Gasteiger partial charge in [-0.2, -0.15) is 0 Å². The highest BCUT2D eigenvalue weighted by Crippen LogP contribution is 2.31. The Labute approximate surface area is 131 Å². The fraction of sp³-hybridized carbons (Fsp3) is 0.133. The van der Waals surface area contributed by atoms with Crippen LogP contribution in [0.25, 0.3) is 0 Å². The largest absolute Gasteiger partial charge is 0.454 e. The third-order valence-electron chi connectivity index (χ3n) is 2.72. The van der Waals surface area contributed by atoms with E-state index in [-0.39, 0.29) is 5.91 Å². The molecule has 2 rings (SSSR count). The average molecular weight is 382 g/mol. The number of nitrogen functional groups attached to an aromatic ring is 1. The van der Waals surface area contributed by atoms with Crippen molar-refractivity contribution in [3.05, 3.63) is 51.6 Å². The van der Waals surface area contributed by atoms with Crippen LogP contribution in [0.2, 0.25) is 0 Å². The molecule has 0 aliphatic carbocycles. The lowest BCUT2D eigenvalue weighted by molar-refractivity contribution is 0.0827. The van der Waals surface area contributed by atoms with Crippen LogP contribution in [-0.2, 0) is 0 Å². The SMILES string of the molecule is CN(C)C(=O)c1ccc(Oc2ccccc2I)c(N)c1. The van der Waals surface area contributed by atoms with E-state index < -0.39 is 0 Å². The van der Waals surface area contributed by atoms with Gasteiger partial charge in [0.25, 0.3) is 5.91 Å². The number of amides is 1. The number of halogens is 1. The maximum absolute atomic E-state index is 11.8. The van der Waals surface area contributed by atoms with Gasteiger partial charge >= 0.3 is 0 Å². The summed E-state index contributed by atoms with van der Waals surface area (Å²) in [7, 11) is 3.41. The quantitative estimate of drug-likeness (QED) is 0.654. The number of nitrogens with zero attached hydrogens (tertiary/aromatic N) is 1. The molecule has 0 radical (unpaired) electrons. The highest BCUT2D eigenvalue weighted by Gasteiger charge is 2.11. The fourth-order valence-corrected chi connectivity index (χ4v) is 2.18. The van der Waals surface area contributed by atoms with Gasteiger partial charge in [0, 0.05) is 19.7 Å². The summed E-state index contributed by atoms with van der Waals surface area (Å²) in [6.07, 6.45) is 0. The zero-order chi connectivity index (χ0) is 14.7. The van der Waals surface area contributed by atoms with Crippen molar-refractivity contribution in [1.29, 1.82) is 0 Å². The van der Waals surface area contributed by atoms with Crippen LogP contribution in [0.15, 0.2) is 42.5 Å². The third-order valence-corrected chi connectivity index (χ3v) is 3.61. The number of carbonyl (C=O) groups is 1. The highest BCUT2D eigenvalue weighted by atomic mass is 127. The molecule has 0 fully saturated rings. The minimum absolute atomic E-state index is 0.0856. The van der Waals surface area contributed by atoms with Gasteiger partial charge in [0.2, 0.25) is 0 Å². The molecule has 2 aromatic carbocycles. The van der Waals surface area contributed by atoms with Crippen molar-refractivity contribution in [2.45, 2.75) is 0 Å². The zero-order valence-corrected chi connectivity index (χ0v) is 13.4. The molecule has 0 heterocycles. The van der Waals surface area contributed by atoms with Gasteiger partial charge in [0.1, 0.15) is 11.5 Å². The molecule has 1 amide bonds. The summed E-state index contributed by atoms with van der Waals surface area (Å²) < 4.78 is 6.78. The molecule has 0 bridgehead atoms. The number of ether oxygens (including phenoxy) is 1. The summed E-state index contributed by atoms with van der Waals surface area (Å²) in [6, 6.07) is 12.7. The molecule has 0 atom stereocenters. The molecule has 20 heavy (non-hydrogen) atoms. The van der Waals surface area contributed by atoms with Gasteiger partial charge in [-0.05, 0) is 52.9 Å². The molecule has 0 aliphatic heterocycles. The Balaban J connectivity index is 2.27. The van der Waals surface area contributed by atoms with E-state index >= 15 is 0 Å². The maximum Gasteiger partial charge on any atom is 0.253 e. The van der Waals surface area contributed by atoms with Crippen LogP contribution in [-0.4, -0.2) is 24.9 Å². The van der Waals surface area contributed by atoms with E-state index in [2.05, 4.69) is 22.6 Å². The van der Waals surface area contributed by atoms with E-state index in [0.717, 1.165) is 9.32 Å². The normalized spacial score (nSPS) is 10.2. The average Bonchev–Trinajstić information content (AvgIpc) is 2.42. The molecular formula is C15H15IN2O2. The van der Waals surface area contributed by atoms with Gasteiger partial charge < -0.3 is 15.4 Å². The number of para-hydroxylation sites is 1. The van der Waals surface area contributed by atoms with Gasteiger partial charge in [0.05, 0.1) is 9.26 Å². The summed E-state index contributed by atoms with van der Waals surface area (Å²) in [5.74, 6) is 1.20. The van der Waals surface area contributed by atoms with Crippen LogP contribution in [0, 0.1) is 3.57 Å². The summed E-state index contributed by atoms with van der Waals surface area (Å²) in [4.78, 5) is 13.4. The molecule has 0 saturated heterocycles. The Morgan fingerprint density at radius 1 is 1.15 bits per heavy atom. The molecule has 5 heteroatoms. The van der Waals surface area contributed by atoms with Crippen molar-refractivity contribution in [1.82, 2.24) is 4.90 Å². The molecule has 0 spiro atoms. The van der Waals surface area contributed by atoms with Crippen LogP contribution >= 0.6 is 22.6 Å². The van der Waals surface area contributed by atoms with Gasteiger partial charge in [-0.25, -0.2) is 0 Å². The van der Waals surface area contributed by atoms with Crippen LogP contribution in [0.1, 0.15) is 10.4 Å². The second-order valence-electron chi connectivity index (χ2n) is 4.48. The number of rotatable bonds is 3. The second-order valence-corrected chi connectivity index (χ2v) is 5.65. The minimum Gasteiger partial charge on any atom is -0.454 e. The van der Waals surface area contributed by atoms with E-state index in [1.807, 2.05) is 24.3 Å². The minimum atomic E-state index is -0.0856. The van der Waals surface area contributed by atoms with Gasteiger partial charge in [-0.1, -0.05) is 12.1 Å². The molecule has 2 N–H and O–H groups in total. The molecular weight excluding hydrogens is 367 g/mol. The van der Waals surface area contributed by atoms with E-state index in [4.69, 9.17) is 10.5 Å². The standard InChI is InChI=1S/C15H15IN2O2/c1-18(2)15(19)10-7-8-14(12(17)9-10)20-13-6-4-3-5-11(13)16/h3-9H,17H2,1-2H3. The number of nitrogens with two attached hydrogens (primary N) is 1. The lowest BCUT2D eigenvalue weighted by atomic mass is 10.1. The Kier molecular flexibility index (Phi) is 4.49. The predicted octanol–water partition coefficient (Wildman–Crippen LogP) is 3.37. The molecule has 0 aromatic heterocycles. The van der Waals surface area contributed by atoms with Crippen molar-refractivity contribution in [2.24, 2.45) is 0 Å². The summed E-state index contributed by atoms with van der Waals surface area (Å²) >= 11 is 2.20. The maximum atomic E-state index is 11.8. The number of anilines is 1. The topological polar surface area (TPSA) is 55.6 Å². The van der Waals surface area contributed by atoms with Crippen molar-refractivity contribution in [3.8, 4) is 11.5 Å². The summed E-state index contributed by atoms with van der Waals surface area (Å²) in [5.41, 5.74) is 6.95. The first-order chi connectivity index (χ1) is 9.49. The number of hydrogen-bond donors (Lipinski definition) is 1. The van der Waals surface area contributed by atoms with Gasteiger partial charge in [-0.15, -0.1) is 0 Å². The zero-order valence-electron chi connectivity index (χ0n) is 11.3. The lowest BCUT2D eigenvalue weighted by Crippen LogP contribution is -2.21. The fourth-order valence-electron chi connectivity index (χ4n) is 1.68. The smallest absolute Gasteiger partial charge is 0.253 e. The Hall–Kier alpha value is -1.76. The van der Waals surface area contributed by atoms with Crippen LogP contribution in [0.5, 0.6) is 11.5 Å². The highest BCUT2D eigenvalue weighted by molar-refractivity contribution is 14.1. The molecule has 0 saturated carbocycles. The Morgan fingerprint density at radius 3 is 2.45 bits per heavy atom. The first kappa shape index (κ1) is 14.6. The third kappa shape index (κ3) is 3.22. The van der Waals surface area contributed by atoms with Crippen molar-refractivity contribution >= 4 is 34.2 Å². The van der Waals surface area contributed by atoms with Gasteiger partial charge in [0.15, 0.2) is 0 Å². The van der Waals surface area contributed by atoms with E-state index in [1.54, 1.807) is 32.3 Å². The van der Waals surface area contributed by atoms with Gasteiger partial charge in [-0.3, -0.25) is 4.79 Å². The summed E-state index contributed by atoms with van der Waals surface area (Å²) in [5, 5.41) is 0. The van der Waals surface area contributed by atoms with Crippen LogP contribution in [0.3, 0.4) is 0 Å². The van der Waals surface area contributed by atoms with Crippen molar-refractivity contribution in [3.63, 3.8) is 0 Å². The Bertz CT molecular complexity index is 642. The molecule has 104 valence electrons. The summed E-state index contributed by atoms with van der Waals surface area (Å²) in [6.45, 7) is 0. The molecule has 4 nitrogen and oxygen atoms in total. The van der Waals surface area contributed by atoms with Crippen LogP contribution < -0.4 is 10.5 Å². The monoisotopic (exact) mass is 382 g/mol. The first-order valence-electron chi connectivity index (χ1n) is 6.02. The van der Waals surface area contributed by atoms with Crippen LogP contribution in [0.4, 0.5) is 5.69 Å². The van der Waals surface area contributed by atoms with Crippen molar-refractivity contribution in [2.75, 3.05) is 19.8 Å². The molecule has 2 aromatic rings. The molecule has 0 unspecified atom stereocenters. The molecule has 0 aliphatic rings. The van der Waals surface area contributed by atoms with Crippen molar-refractivity contribution < 1.29 is 9.53 Å². The van der Waals surface area contributed by atoms with E-state index in [0.29, 0.717) is 17.0 Å². The second kappa shape index (κ2) is 6.13. The first-order valence-corrected chi connectivity index (χ1v) is 7.10. The van der Waals surface area contributed by atoms with E-state index in [1.165, 1.54) is 4.90 Å². The number of carbonyl (C=O) groups excluding carboxylic acids is 1. The number of hydrogen-bond acceptors (Lipinski definition) is 3. The predicted molar refractivity (Wildman–Crippen MR) is 88.1 cm³/mol. The number of benzene rings is 2. The van der Waals surface area contributed by atoms with E-state index in [9.17, 15) is 4.79 Å². The lowest BCUT2D eigenvalue weighted by Gasteiger charge is -2.13.